The van der Waals surface area contributed by atoms with Gasteiger partial charge in [-0.05, 0) is 60.7 Å². The van der Waals surface area contributed by atoms with Crippen molar-refractivity contribution in [1.29, 1.82) is 0 Å². The maximum atomic E-state index is 13.5. The minimum Gasteiger partial charge on any atom is -0.338 e. The van der Waals surface area contributed by atoms with E-state index in [9.17, 15) is 8.78 Å². The van der Waals surface area contributed by atoms with Gasteiger partial charge in [0.1, 0.15) is 18.0 Å². The highest BCUT2D eigenvalue weighted by Gasteiger charge is 2.17. The fourth-order valence-corrected chi connectivity index (χ4v) is 3.25. The summed E-state index contributed by atoms with van der Waals surface area (Å²) in [5.74, 6) is -0.203. The first-order valence-electron chi connectivity index (χ1n) is 9.54. The third-order valence-corrected chi connectivity index (χ3v) is 4.74. The highest BCUT2D eigenvalue weighted by Crippen LogP contribution is 2.32. The van der Waals surface area contributed by atoms with Crippen molar-refractivity contribution in [3.05, 3.63) is 96.8 Å². The van der Waals surface area contributed by atoms with E-state index in [0.29, 0.717) is 39.5 Å². The van der Waals surface area contributed by atoms with Crippen LogP contribution >= 0.6 is 0 Å². The lowest BCUT2D eigenvalue weighted by Gasteiger charge is -2.12. The van der Waals surface area contributed by atoms with Crippen LogP contribution in [0.15, 0.2) is 85.2 Å². The lowest BCUT2D eigenvalue weighted by atomic mass is 10.0. The van der Waals surface area contributed by atoms with Crippen LogP contribution in [0, 0.1) is 11.6 Å². The van der Waals surface area contributed by atoms with Gasteiger partial charge in [-0.2, -0.15) is 0 Å². The Hall–Kier alpha value is -4.26. The molecule has 0 aliphatic carbocycles. The molecule has 1 N–H and O–H groups in total. The summed E-state index contributed by atoms with van der Waals surface area (Å²) in [6, 6.07) is 21.5. The summed E-state index contributed by atoms with van der Waals surface area (Å²) in [5, 5.41) is 3.24. The smallest absolute Gasteiger partial charge is 0.184 e. The number of halogens is 2. The quantitative estimate of drug-likeness (QED) is 0.406. The molecule has 2 aromatic heterocycles. The fraction of sp³-hybridized carbons (Fsp3) is 0. The standard InChI is InChI=1S/C24H15F2N5/c25-17-10-6-15(7-11-17)20-21(16-8-12-18(26)13-9-16)31-24-22(30-20)23(27-14-28-24)29-19-4-2-1-3-5-19/h1-14H,(H,27,28,29,31). The fourth-order valence-electron chi connectivity index (χ4n) is 3.25. The van der Waals surface area contributed by atoms with E-state index in [1.165, 1.54) is 30.6 Å². The maximum Gasteiger partial charge on any atom is 0.184 e. The van der Waals surface area contributed by atoms with Crippen LogP contribution in [0.5, 0.6) is 0 Å². The lowest BCUT2D eigenvalue weighted by molar-refractivity contribution is 0.627. The molecule has 0 unspecified atom stereocenters. The molecule has 0 bridgehead atoms. The summed E-state index contributed by atoms with van der Waals surface area (Å²) < 4.78 is 27.0. The molecule has 3 aromatic carbocycles. The number of nitrogens with zero attached hydrogens (tertiary/aromatic N) is 4. The second kappa shape index (κ2) is 7.87. The number of para-hydroxylation sites is 1. The highest BCUT2D eigenvalue weighted by molar-refractivity contribution is 5.90. The molecule has 5 rings (SSSR count). The summed E-state index contributed by atoms with van der Waals surface area (Å²) in [6.07, 6.45) is 1.41. The zero-order chi connectivity index (χ0) is 21.2. The molecule has 5 nitrogen and oxygen atoms in total. The largest absolute Gasteiger partial charge is 0.338 e. The van der Waals surface area contributed by atoms with Gasteiger partial charge in [0.2, 0.25) is 0 Å². The molecule has 0 aliphatic heterocycles. The van der Waals surface area contributed by atoms with Gasteiger partial charge < -0.3 is 5.32 Å². The summed E-state index contributed by atoms with van der Waals surface area (Å²) in [4.78, 5) is 18.1. The van der Waals surface area contributed by atoms with E-state index in [0.717, 1.165) is 5.69 Å². The number of benzene rings is 3. The molecule has 0 radical (unpaired) electrons. The molecule has 0 fully saturated rings. The van der Waals surface area contributed by atoms with Crippen molar-refractivity contribution in [2.45, 2.75) is 0 Å². The Balaban J connectivity index is 1.73. The van der Waals surface area contributed by atoms with E-state index in [4.69, 9.17) is 9.97 Å². The Morgan fingerprint density at radius 1 is 0.613 bits per heavy atom. The number of nitrogens with one attached hydrogen (secondary N) is 1. The van der Waals surface area contributed by atoms with Gasteiger partial charge in [0.05, 0.1) is 11.4 Å². The van der Waals surface area contributed by atoms with Gasteiger partial charge in [-0.3, -0.25) is 0 Å². The normalized spacial score (nSPS) is 10.9. The Morgan fingerprint density at radius 3 is 1.81 bits per heavy atom. The average molecular weight is 411 g/mol. The topological polar surface area (TPSA) is 63.6 Å². The number of hydrogen-bond acceptors (Lipinski definition) is 5. The van der Waals surface area contributed by atoms with E-state index >= 15 is 0 Å². The van der Waals surface area contributed by atoms with Crippen molar-refractivity contribution in [1.82, 2.24) is 19.9 Å². The van der Waals surface area contributed by atoms with Crippen molar-refractivity contribution < 1.29 is 8.78 Å². The van der Waals surface area contributed by atoms with Crippen LogP contribution in [0.3, 0.4) is 0 Å². The zero-order valence-electron chi connectivity index (χ0n) is 16.1. The maximum absolute atomic E-state index is 13.5. The monoisotopic (exact) mass is 411 g/mol. The molecule has 0 amide bonds. The molecular weight excluding hydrogens is 396 g/mol. The molecule has 0 saturated carbocycles. The molecule has 7 heteroatoms. The first-order chi connectivity index (χ1) is 15.2. The number of rotatable bonds is 4. The Kier molecular flexibility index (Phi) is 4.76. The van der Waals surface area contributed by atoms with Crippen LogP contribution in [0.2, 0.25) is 0 Å². The minimum atomic E-state index is -0.351. The molecule has 0 aliphatic rings. The Morgan fingerprint density at radius 2 is 1.19 bits per heavy atom. The molecule has 0 spiro atoms. The minimum absolute atomic E-state index is 0.350. The Bertz CT molecular complexity index is 1360. The molecule has 5 aromatic rings. The van der Waals surface area contributed by atoms with Crippen molar-refractivity contribution in [2.24, 2.45) is 0 Å². The molecular formula is C24H15F2N5. The second-order valence-corrected chi connectivity index (χ2v) is 6.82. The first-order valence-corrected chi connectivity index (χ1v) is 9.54. The molecule has 0 atom stereocenters. The summed E-state index contributed by atoms with van der Waals surface area (Å²) in [5.41, 5.74) is 4.08. The number of anilines is 2. The van der Waals surface area contributed by atoms with Crippen LogP contribution in [-0.2, 0) is 0 Å². The predicted octanol–water partition coefficient (Wildman–Crippen LogP) is 5.78. The van der Waals surface area contributed by atoms with Gasteiger partial charge in [-0.15, -0.1) is 0 Å². The van der Waals surface area contributed by atoms with Crippen molar-refractivity contribution in [3.63, 3.8) is 0 Å². The van der Waals surface area contributed by atoms with Crippen LogP contribution < -0.4 is 5.32 Å². The molecule has 0 saturated heterocycles. The SMILES string of the molecule is Fc1ccc(-c2nc3ncnc(Nc4ccccc4)c3nc2-c2ccc(F)cc2)cc1. The van der Waals surface area contributed by atoms with Crippen molar-refractivity contribution in [2.75, 3.05) is 5.32 Å². The third kappa shape index (κ3) is 3.81. The molecule has 2 heterocycles. The van der Waals surface area contributed by atoms with Gasteiger partial charge in [0.15, 0.2) is 17.0 Å². The van der Waals surface area contributed by atoms with Crippen LogP contribution in [0.25, 0.3) is 33.7 Å². The highest BCUT2D eigenvalue weighted by atomic mass is 19.1. The van der Waals surface area contributed by atoms with Gasteiger partial charge >= 0.3 is 0 Å². The summed E-state index contributed by atoms with van der Waals surface area (Å²) in [7, 11) is 0. The van der Waals surface area contributed by atoms with E-state index in [2.05, 4.69) is 15.3 Å². The number of fused-ring (bicyclic) bond motifs is 1. The number of hydrogen-bond donors (Lipinski definition) is 1. The zero-order valence-corrected chi connectivity index (χ0v) is 16.1. The second-order valence-electron chi connectivity index (χ2n) is 6.82. The average Bonchev–Trinajstić information content (AvgIpc) is 2.80. The van der Waals surface area contributed by atoms with E-state index in [1.807, 2.05) is 30.3 Å². The van der Waals surface area contributed by atoms with E-state index < -0.39 is 0 Å². The van der Waals surface area contributed by atoms with Crippen molar-refractivity contribution in [3.8, 4) is 22.5 Å². The first kappa shape index (κ1) is 18.7. The lowest BCUT2D eigenvalue weighted by Crippen LogP contribution is -2.02. The van der Waals surface area contributed by atoms with Gasteiger partial charge in [0.25, 0.3) is 0 Å². The van der Waals surface area contributed by atoms with Gasteiger partial charge in [-0.1, -0.05) is 18.2 Å². The summed E-state index contributed by atoms with van der Waals surface area (Å²) >= 11 is 0. The molecule has 31 heavy (non-hydrogen) atoms. The van der Waals surface area contributed by atoms with E-state index in [1.54, 1.807) is 24.3 Å². The van der Waals surface area contributed by atoms with Crippen LogP contribution in [0.1, 0.15) is 0 Å². The van der Waals surface area contributed by atoms with Crippen LogP contribution in [0.4, 0.5) is 20.3 Å². The molecule has 150 valence electrons. The number of aromatic nitrogens is 4. The predicted molar refractivity (Wildman–Crippen MR) is 116 cm³/mol. The van der Waals surface area contributed by atoms with Crippen LogP contribution in [-0.4, -0.2) is 19.9 Å². The van der Waals surface area contributed by atoms with Gasteiger partial charge in [-0.25, -0.2) is 28.7 Å². The van der Waals surface area contributed by atoms with Crippen molar-refractivity contribution >= 4 is 22.7 Å². The Labute approximate surface area is 176 Å². The van der Waals surface area contributed by atoms with E-state index in [-0.39, 0.29) is 11.6 Å². The summed E-state index contributed by atoms with van der Waals surface area (Å²) in [6.45, 7) is 0. The third-order valence-electron chi connectivity index (χ3n) is 4.74. The van der Waals surface area contributed by atoms with Gasteiger partial charge in [0, 0.05) is 16.8 Å².